The van der Waals surface area contributed by atoms with Crippen molar-refractivity contribution in [2.75, 3.05) is 12.8 Å². The van der Waals surface area contributed by atoms with Crippen LogP contribution < -0.4 is 0 Å². The number of hydrogen-bond donors (Lipinski definition) is 0. The molecular weight excluding hydrogens is 474 g/mol. The SMILES string of the molecule is CCn1c(SCC(=O)N(C)Cc2cccs2)nnc1-c1cc(-c2ccccc2)nc2ccccc12. The summed E-state index contributed by atoms with van der Waals surface area (Å²) in [4.78, 5) is 20.6. The van der Waals surface area contributed by atoms with E-state index in [4.69, 9.17) is 4.98 Å². The van der Waals surface area contributed by atoms with E-state index in [1.165, 1.54) is 16.6 Å². The molecule has 6 nitrogen and oxygen atoms in total. The molecule has 35 heavy (non-hydrogen) atoms. The number of hydrogen-bond acceptors (Lipinski definition) is 6. The minimum Gasteiger partial charge on any atom is -0.340 e. The molecule has 3 aromatic heterocycles. The van der Waals surface area contributed by atoms with E-state index in [-0.39, 0.29) is 5.91 Å². The molecule has 2 aromatic carbocycles. The Labute approximate surface area is 212 Å². The van der Waals surface area contributed by atoms with Gasteiger partial charge in [0.25, 0.3) is 0 Å². The molecule has 0 atom stereocenters. The minimum absolute atomic E-state index is 0.0660. The zero-order valence-corrected chi connectivity index (χ0v) is 21.2. The van der Waals surface area contributed by atoms with Crippen molar-refractivity contribution in [3.63, 3.8) is 0 Å². The number of thiophene rings is 1. The van der Waals surface area contributed by atoms with Gasteiger partial charge in [-0.25, -0.2) is 4.98 Å². The Kier molecular flexibility index (Phi) is 6.92. The lowest BCUT2D eigenvalue weighted by Crippen LogP contribution is -2.27. The van der Waals surface area contributed by atoms with Gasteiger partial charge in [-0.3, -0.25) is 4.79 Å². The summed E-state index contributed by atoms with van der Waals surface area (Å²) >= 11 is 3.09. The molecule has 5 rings (SSSR count). The third-order valence-electron chi connectivity index (χ3n) is 5.78. The van der Waals surface area contributed by atoms with Gasteiger partial charge in [0.1, 0.15) is 0 Å². The highest BCUT2D eigenvalue weighted by Gasteiger charge is 2.19. The largest absolute Gasteiger partial charge is 0.340 e. The molecular formula is C27H25N5OS2. The van der Waals surface area contributed by atoms with Crippen LogP contribution in [0.2, 0.25) is 0 Å². The Morgan fingerprint density at radius 1 is 1.03 bits per heavy atom. The highest BCUT2D eigenvalue weighted by Crippen LogP contribution is 2.33. The lowest BCUT2D eigenvalue weighted by molar-refractivity contribution is -0.127. The van der Waals surface area contributed by atoms with E-state index in [9.17, 15) is 4.79 Å². The normalized spacial score (nSPS) is 11.1. The smallest absolute Gasteiger partial charge is 0.233 e. The van der Waals surface area contributed by atoms with Gasteiger partial charge in [-0.15, -0.1) is 21.5 Å². The molecule has 0 saturated heterocycles. The van der Waals surface area contributed by atoms with Crippen LogP contribution >= 0.6 is 23.1 Å². The second-order valence-corrected chi connectivity index (χ2v) is 10.1. The first-order chi connectivity index (χ1) is 17.1. The van der Waals surface area contributed by atoms with Crippen LogP contribution in [0.5, 0.6) is 0 Å². The summed E-state index contributed by atoms with van der Waals surface area (Å²) in [6.07, 6.45) is 0. The number of thioether (sulfide) groups is 1. The summed E-state index contributed by atoms with van der Waals surface area (Å²) in [5.74, 6) is 1.16. The van der Waals surface area contributed by atoms with Gasteiger partial charge >= 0.3 is 0 Å². The zero-order chi connectivity index (χ0) is 24.2. The van der Waals surface area contributed by atoms with Crippen LogP contribution in [0, 0.1) is 0 Å². The number of rotatable bonds is 8. The van der Waals surface area contributed by atoms with Crippen LogP contribution in [0.25, 0.3) is 33.5 Å². The van der Waals surface area contributed by atoms with Gasteiger partial charge in [-0.05, 0) is 30.5 Å². The van der Waals surface area contributed by atoms with Crippen LogP contribution in [0.15, 0.2) is 83.3 Å². The molecule has 0 saturated carbocycles. The molecule has 0 fully saturated rings. The molecule has 0 spiro atoms. The topological polar surface area (TPSA) is 63.9 Å². The van der Waals surface area contributed by atoms with Gasteiger partial charge in [0.2, 0.25) is 5.91 Å². The van der Waals surface area contributed by atoms with E-state index in [1.807, 2.05) is 61.0 Å². The van der Waals surface area contributed by atoms with Crippen LogP contribution in [-0.4, -0.2) is 43.4 Å². The fourth-order valence-corrected chi connectivity index (χ4v) is 5.66. The zero-order valence-electron chi connectivity index (χ0n) is 19.6. The molecule has 0 aliphatic heterocycles. The Morgan fingerprint density at radius 2 is 1.83 bits per heavy atom. The number of benzene rings is 2. The fourth-order valence-electron chi connectivity index (χ4n) is 3.96. The Morgan fingerprint density at radius 3 is 2.60 bits per heavy atom. The second kappa shape index (κ2) is 10.4. The van der Waals surface area contributed by atoms with Crippen molar-refractivity contribution in [2.45, 2.75) is 25.2 Å². The molecule has 5 aromatic rings. The second-order valence-electron chi connectivity index (χ2n) is 8.11. The number of aromatic nitrogens is 4. The summed E-state index contributed by atoms with van der Waals surface area (Å²) < 4.78 is 2.08. The first-order valence-corrected chi connectivity index (χ1v) is 13.3. The van der Waals surface area contributed by atoms with Gasteiger partial charge in [0.05, 0.1) is 23.5 Å². The van der Waals surface area contributed by atoms with Crippen molar-refractivity contribution < 1.29 is 4.79 Å². The van der Waals surface area contributed by atoms with Crippen molar-refractivity contribution in [1.29, 1.82) is 0 Å². The van der Waals surface area contributed by atoms with Crippen molar-refractivity contribution in [2.24, 2.45) is 0 Å². The number of pyridine rings is 1. The summed E-state index contributed by atoms with van der Waals surface area (Å²) in [6, 6.07) is 24.4. The number of para-hydroxylation sites is 1. The molecule has 0 aliphatic rings. The predicted octanol–water partition coefficient (Wildman–Crippen LogP) is 5.99. The van der Waals surface area contributed by atoms with E-state index in [2.05, 4.69) is 46.0 Å². The quantitative estimate of drug-likeness (QED) is 0.245. The maximum Gasteiger partial charge on any atom is 0.233 e. The van der Waals surface area contributed by atoms with Crippen molar-refractivity contribution in [3.8, 4) is 22.6 Å². The standard InChI is InChI=1S/C27H25N5OS2/c1-3-32-26(29-30-27(32)35-18-25(33)31(2)17-20-12-9-15-34-20)22-16-24(19-10-5-4-6-11-19)28-23-14-8-7-13-21(22)23/h4-16H,3,17-18H2,1-2H3. The molecule has 0 aliphatic carbocycles. The number of carbonyl (C=O) groups is 1. The van der Waals surface area contributed by atoms with E-state index in [0.717, 1.165) is 38.7 Å². The molecule has 0 radical (unpaired) electrons. The number of nitrogens with zero attached hydrogens (tertiary/aromatic N) is 5. The molecule has 0 N–H and O–H groups in total. The molecule has 0 unspecified atom stereocenters. The average molecular weight is 500 g/mol. The van der Waals surface area contributed by atoms with Gasteiger partial charge < -0.3 is 9.47 Å². The van der Waals surface area contributed by atoms with E-state index >= 15 is 0 Å². The maximum atomic E-state index is 12.7. The molecule has 8 heteroatoms. The van der Waals surface area contributed by atoms with Gasteiger partial charge in [0, 0.05) is 35.0 Å². The van der Waals surface area contributed by atoms with Crippen LogP contribution in [0.1, 0.15) is 11.8 Å². The van der Waals surface area contributed by atoms with E-state index < -0.39 is 0 Å². The lowest BCUT2D eigenvalue weighted by Gasteiger charge is -2.16. The minimum atomic E-state index is 0.0660. The Hall–Kier alpha value is -3.49. The third kappa shape index (κ3) is 4.99. The van der Waals surface area contributed by atoms with E-state index in [1.54, 1.807) is 16.2 Å². The predicted molar refractivity (Wildman–Crippen MR) is 143 cm³/mol. The number of carbonyl (C=O) groups excluding carboxylic acids is 1. The number of fused-ring (bicyclic) bond motifs is 1. The third-order valence-corrected chi connectivity index (χ3v) is 7.60. The molecule has 3 heterocycles. The first kappa shape index (κ1) is 23.3. The Bertz CT molecular complexity index is 1450. The summed E-state index contributed by atoms with van der Waals surface area (Å²) in [6.45, 7) is 3.39. The molecule has 0 bridgehead atoms. The van der Waals surface area contributed by atoms with E-state index in [0.29, 0.717) is 18.8 Å². The van der Waals surface area contributed by atoms with Gasteiger partial charge in [-0.1, -0.05) is 66.4 Å². The average Bonchev–Trinajstić information content (AvgIpc) is 3.56. The van der Waals surface area contributed by atoms with Gasteiger partial charge in [0.15, 0.2) is 11.0 Å². The maximum absolute atomic E-state index is 12.7. The Balaban J connectivity index is 1.45. The highest BCUT2D eigenvalue weighted by atomic mass is 32.2. The fraction of sp³-hybridized carbons (Fsp3) is 0.185. The van der Waals surface area contributed by atoms with Crippen molar-refractivity contribution in [1.82, 2.24) is 24.6 Å². The highest BCUT2D eigenvalue weighted by molar-refractivity contribution is 7.99. The van der Waals surface area contributed by atoms with Crippen LogP contribution in [0.4, 0.5) is 0 Å². The summed E-state index contributed by atoms with van der Waals surface area (Å²) in [5.41, 5.74) is 3.84. The molecule has 1 amide bonds. The van der Waals surface area contributed by atoms with Crippen molar-refractivity contribution >= 4 is 39.9 Å². The lowest BCUT2D eigenvalue weighted by atomic mass is 10.0. The number of amides is 1. The van der Waals surface area contributed by atoms with Crippen molar-refractivity contribution in [3.05, 3.63) is 83.1 Å². The molecule has 176 valence electrons. The monoisotopic (exact) mass is 499 g/mol. The summed E-state index contributed by atoms with van der Waals surface area (Å²) in [5, 5.41) is 12.8. The summed E-state index contributed by atoms with van der Waals surface area (Å²) in [7, 11) is 1.84. The van der Waals surface area contributed by atoms with Gasteiger partial charge in [-0.2, -0.15) is 0 Å². The first-order valence-electron chi connectivity index (χ1n) is 11.4. The van der Waals surface area contributed by atoms with Crippen LogP contribution in [-0.2, 0) is 17.9 Å². The van der Waals surface area contributed by atoms with Crippen LogP contribution in [0.3, 0.4) is 0 Å².